The summed E-state index contributed by atoms with van der Waals surface area (Å²) < 4.78 is 1.73. The summed E-state index contributed by atoms with van der Waals surface area (Å²) in [5, 5.41) is 7.16. The molecular weight excluding hydrogens is 288 g/mol. The first-order valence-electron chi connectivity index (χ1n) is 7.39. The summed E-state index contributed by atoms with van der Waals surface area (Å²) in [6.07, 6.45) is 3.55. The molecule has 0 aliphatic rings. The number of para-hydroxylation sites is 2. The second kappa shape index (κ2) is 6.79. The topological polar surface area (TPSA) is 50.2 Å². The molecule has 0 aliphatic heterocycles. The van der Waals surface area contributed by atoms with Crippen LogP contribution in [-0.4, -0.2) is 27.8 Å². The van der Waals surface area contributed by atoms with Gasteiger partial charge in [0.15, 0.2) is 0 Å². The van der Waals surface area contributed by atoms with Crippen LogP contribution in [0.4, 0.5) is 10.5 Å². The van der Waals surface area contributed by atoms with E-state index in [0.717, 1.165) is 16.9 Å². The molecule has 1 aromatic heterocycles. The van der Waals surface area contributed by atoms with Crippen molar-refractivity contribution >= 4 is 11.7 Å². The highest BCUT2D eigenvalue weighted by Gasteiger charge is 2.12. The number of benzene rings is 2. The molecule has 1 N–H and O–H groups in total. The maximum atomic E-state index is 12.4. The third-order valence-electron chi connectivity index (χ3n) is 3.51. The molecule has 3 aromatic rings. The normalized spacial score (nSPS) is 10.3. The van der Waals surface area contributed by atoms with Crippen LogP contribution in [0.5, 0.6) is 0 Å². The number of nitrogens with one attached hydrogen (secondary N) is 1. The van der Waals surface area contributed by atoms with Crippen molar-refractivity contribution in [2.75, 3.05) is 12.4 Å². The van der Waals surface area contributed by atoms with Crippen LogP contribution in [0.1, 0.15) is 5.56 Å². The SMILES string of the molecule is CN(Cc1ccccc1)C(=O)Nc1ccccc1-n1cccn1. The molecular formula is C18H18N4O. The van der Waals surface area contributed by atoms with Gasteiger partial charge >= 0.3 is 6.03 Å². The lowest BCUT2D eigenvalue weighted by Crippen LogP contribution is -2.31. The van der Waals surface area contributed by atoms with Gasteiger partial charge in [-0.3, -0.25) is 0 Å². The van der Waals surface area contributed by atoms with Gasteiger partial charge in [-0.1, -0.05) is 42.5 Å². The Morgan fingerprint density at radius 2 is 1.83 bits per heavy atom. The molecule has 2 aromatic carbocycles. The first-order chi connectivity index (χ1) is 11.2. The Hall–Kier alpha value is -3.08. The molecule has 0 bridgehead atoms. The summed E-state index contributed by atoms with van der Waals surface area (Å²) in [5.74, 6) is 0. The van der Waals surface area contributed by atoms with Gasteiger partial charge in [-0.25, -0.2) is 9.48 Å². The Labute approximate surface area is 135 Å². The molecule has 116 valence electrons. The molecule has 0 spiro atoms. The van der Waals surface area contributed by atoms with Crippen LogP contribution in [0.15, 0.2) is 73.1 Å². The smallest absolute Gasteiger partial charge is 0.321 e. The molecule has 0 radical (unpaired) electrons. The minimum absolute atomic E-state index is 0.159. The molecule has 0 saturated carbocycles. The van der Waals surface area contributed by atoms with Crippen LogP contribution in [-0.2, 0) is 6.54 Å². The second-order valence-corrected chi connectivity index (χ2v) is 5.24. The second-order valence-electron chi connectivity index (χ2n) is 5.24. The Morgan fingerprint density at radius 1 is 1.09 bits per heavy atom. The number of hydrogen-bond donors (Lipinski definition) is 1. The van der Waals surface area contributed by atoms with E-state index in [9.17, 15) is 4.79 Å². The van der Waals surface area contributed by atoms with Gasteiger partial charge in [-0.2, -0.15) is 5.10 Å². The maximum absolute atomic E-state index is 12.4. The van der Waals surface area contributed by atoms with Crippen molar-refractivity contribution in [3.8, 4) is 5.69 Å². The van der Waals surface area contributed by atoms with E-state index in [4.69, 9.17) is 0 Å². The average molecular weight is 306 g/mol. The Bertz CT molecular complexity index is 769. The van der Waals surface area contributed by atoms with Crippen LogP contribution < -0.4 is 5.32 Å². The van der Waals surface area contributed by atoms with Crippen molar-refractivity contribution in [2.45, 2.75) is 6.54 Å². The first-order valence-corrected chi connectivity index (χ1v) is 7.39. The summed E-state index contributed by atoms with van der Waals surface area (Å²) in [5.41, 5.74) is 2.64. The Morgan fingerprint density at radius 3 is 2.57 bits per heavy atom. The fourth-order valence-electron chi connectivity index (χ4n) is 2.33. The minimum Gasteiger partial charge on any atom is -0.323 e. The van der Waals surface area contributed by atoms with Crippen molar-refractivity contribution in [1.29, 1.82) is 0 Å². The lowest BCUT2D eigenvalue weighted by molar-refractivity contribution is 0.220. The molecule has 0 saturated heterocycles. The zero-order valence-corrected chi connectivity index (χ0v) is 12.9. The summed E-state index contributed by atoms with van der Waals surface area (Å²) in [7, 11) is 1.78. The van der Waals surface area contributed by atoms with E-state index < -0.39 is 0 Å². The van der Waals surface area contributed by atoms with Crippen molar-refractivity contribution in [3.05, 3.63) is 78.6 Å². The summed E-state index contributed by atoms with van der Waals surface area (Å²) in [6.45, 7) is 0.552. The minimum atomic E-state index is -0.159. The molecule has 23 heavy (non-hydrogen) atoms. The number of hydrogen-bond acceptors (Lipinski definition) is 2. The van der Waals surface area contributed by atoms with E-state index in [1.54, 1.807) is 22.8 Å². The summed E-state index contributed by atoms with van der Waals surface area (Å²) in [6, 6.07) is 19.2. The van der Waals surface area contributed by atoms with E-state index in [1.807, 2.05) is 66.9 Å². The zero-order valence-electron chi connectivity index (χ0n) is 12.9. The van der Waals surface area contributed by atoms with Crippen molar-refractivity contribution in [3.63, 3.8) is 0 Å². The van der Waals surface area contributed by atoms with Gasteiger partial charge in [-0.05, 0) is 23.8 Å². The number of anilines is 1. The quantitative estimate of drug-likeness (QED) is 0.801. The van der Waals surface area contributed by atoms with Crippen molar-refractivity contribution in [1.82, 2.24) is 14.7 Å². The molecule has 1 heterocycles. The third-order valence-corrected chi connectivity index (χ3v) is 3.51. The maximum Gasteiger partial charge on any atom is 0.321 e. The number of nitrogens with zero attached hydrogens (tertiary/aromatic N) is 3. The lowest BCUT2D eigenvalue weighted by atomic mass is 10.2. The number of urea groups is 1. The van der Waals surface area contributed by atoms with Crippen LogP contribution in [0.2, 0.25) is 0 Å². The Balaban J connectivity index is 1.73. The Kier molecular flexibility index (Phi) is 4.38. The predicted octanol–water partition coefficient (Wildman–Crippen LogP) is 3.54. The van der Waals surface area contributed by atoms with Crippen molar-refractivity contribution in [2.24, 2.45) is 0 Å². The number of rotatable bonds is 4. The van der Waals surface area contributed by atoms with Gasteiger partial charge in [0.05, 0.1) is 11.4 Å². The molecule has 5 heteroatoms. The van der Waals surface area contributed by atoms with Gasteiger partial charge in [0.2, 0.25) is 0 Å². The van der Waals surface area contributed by atoms with E-state index in [1.165, 1.54) is 0 Å². The zero-order chi connectivity index (χ0) is 16.1. The standard InChI is InChI=1S/C18H18N4O/c1-21(14-15-8-3-2-4-9-15)18(23)20-16-10-5-6-11-17(16)22-13-7-12-19-22/h2-13H,14H2,1H3,(H,20,23). The molecule has 0 atom stereocenters. The van der Waals surface area contributed by atoms with E-state index in [-0.39, 0.29) is 6.03 Å². The number of carbonyl (C=O) groups excluding carboxylic acids is 1. The van der Waals surface area contributed by atoms with Gasteiger partial charge in [-0.15, -0.1) is 0 Å². The van der Waals surface area contributed by atoms with Gasteiger partial charge < -0.3 is 10.2 Å². The molecule has 0 fully saturated rings. The van der Waals surface area contributed by atoms with Gasteiger partial charge in [0.25, 0.3) is 0 Å². The molecule has 2 amide bonds. The van der Waals surface area contributed by atoms with Gasteiger partial charge in [0.1, 0.15) is 0 Å². The van der Waals surface area contributed by atoms with E-state index in [2.05, 4.69) is 10.4 Å². The first kappa shape index (κ1) is 14.8. The largest absolute Gasteiger partial charge is 0.323 e. The summed E-state index contributed by atoms with van der Waals surface area (Å²) in [4.78, 5) is 14.1. The van der Waals surface area contributed by atoms with Crippen LogP contribution >= 0.6 is 0 Å². The highest BCUT2D eigenvalue weighted by Crippen LogP contribution is 2.19. The number of amides is 2. The monoisotopic (exact) mass is 306 g/mol. The predicted molar refractivity (Wildman–Crippen MR) is 90.5 cm³/mol. The van der Waals surface area contributed by atoms with Crippen LogP contribution in [0, 0.1) is 0 Å². The fourth-order valence-corrected chi connectivity index (χ4v) is 2.33. The van der Waals surface area contributed by atoms with Gasteiger partial charge in [0, 0.05) is 26.0 Å². The average Bonchev–Trinajstić information content (AvgIpc) is 3.10. The molecule has 3 rings (SSSR count). The van der Waals surface area contributed by atoms with Crippen LogP contribution in [0.25, 0.3) is 5.69 Å². The third kappa shape index (κ3) is 3.58. The highest BCUT2D eigenvalue weighted by molar-refractivity contribution is 5.91. The lowest BCUT2D eigenvalue weighted by Gasteiger charge is -2.19. The van der Waals surface area contributed by atoms with Crippen molar-refractivity contribution < 1.29 is 4.79 Å². The van der Waals surface area contributed by atoms with Crippen LogP contribution in [0.3, 0.4) is 0 Å². The summed E-state index contributed by atoms with van der Waals surface area (Å²) >= 11 is 0. The molecule has 0 unspecified atom stereocenters. The molecule has 0 aliphatic carbocycles. The highest BCUT2D eigenvalue weighted by atomic mass is 16.2. The van der Waals surface area contributed by atoms with E-state index in [0.29, 0.717) is 6.54 Å². The van der Waals surface area contributed by atoms with E-state index >= 15 is 0 Å². The number of carbonyl (C=O) groups is 1. The number of aromatic nitrogens is 2. The molecule has 5 nitrogen and oxygen atoms in total. The fraction of sp³-hybridized carbons (Fsp3) is 0.111.